The Balaban J connectivity index is 3.25. The molecule has 0 saturated heterocycles. The minimum atomic E-state index is -0.687. The van der Waals surface area contributed by atoms with E-state index >= 15 is 0 Å². The molecule has 1 nitrogen and oxygen atoms in total. The predicted molar refractivity (Wildman–Crippen MR) is 54.8 cm³/mol. The predicted octanol–water partition coefficient (Wildman–Crippen LogP) is 2.14. The maximum absolute atomic E-state index is 5.63. The smallest absolute Gasteiger partial charge is 0.429 e. The minimum absolute atomic E-state index is 0.687. The standard InChI is InChI=1S/2C4H9.2Al.O.2H/c2*1-3-4-2;;;;;/h2*1,3-4H2,2H3;;;;;. The van der Waals surface area contributed by atoms with Gasteiger partial charge in [0.2, 0.25) is 0 Å². The Kier molecular flexibility index (Phi) is 9.96. The summed E-state index contributed by atoms with van der Waals surface area (Å²) in [5.74, 6) is 0. The van der Waals surface area contributed by atoms with Crippen LogP contribution < -0.4 is 0 Å². The second-order valence-electron chi connectivity index (χ2n) is 3.14. The first-order valence-corrected chi connectivity index (χ1v) is 7.80. The Hall–Kier alpha value is 1.02. The Morgan fingerprint density at radius 2 is 1.55 bits per heavy atom. The van der Waals surface area contributed by atoms with Crippen molar-refractivity contribution in [2.24, 2.45) is 0 Å². The molecule has 11 heavy (non-hydrogen) atoms. The molecular formula is C8H20Al2O. The van der Waals surface area contributed by atoms with Gasteiger partial charge in [0.25, 0.3) is 0 Å². The maximum Gasteiger partial charge on any atom is 0.429 e. The molecule has 0 saturated carbocycles. The molecule has 0 bridgehead atoms. The van der Waals surface area contributed by atoms with Crippen molar-refractivity contribution in [2.75, 3.05) is 0 Å². The summed E-state index contributed by atoms with van der Waals surface area (Å²) < 4.78 is 5.63. The Morgan fingerprint density at radius 1 is 1.09 bits per heavy atom. The lowest BCUT2D eigenvalue weighted by Crippen LogP contribution is -2.15. The van der Waals surface area contributed by atoms with Crippen LogP contribution >= 0.6 is 0 Å². The van der Waals surface area contributed by atoms with Gasteiger partial charge in [-0.1, -0.05) is 50.1 Å². The fraction of sp³-hybridized carbons (Fsp3) is 1.00. The third-order valence-corrected chi connectivity index (χ3v) is 6.86. The lowest BCUT2D eigenvalue weighted by Gasteiger charge is -2.09. The molecule has 0 aromatic rings. The lowest BCUT2D eigenvalue weighted by atomic mass is 10.4. The van der Waals surface area contributed by atoms with Crippen LogP contribution in [0, 0.1) is 0 Å². The van der Waals surface area contributed by atoms with E-state index in [9.17, 15) is 0 Å². The first-order chi connectivity index (χ1) is 5.35. The molecule has 0 fully saturated rings. The molecule has 0 aliphatic carbocycles. The highest BCUT2D eigenvalue weighted by Crippen LogP contribution is 2.09. The SMILES string of the molecule is CCC[CH2][Al]([CH2]CCC)[O][AlH2]. The molecule has 0 radical (unpaired) electrons. The summed E-state index contributed by atoms with van der Waals surface area (Å²) in [4.78, 5) is 0. The highest BCUT2D eigenvalue weighted by Gasteiger charge is 2.14. The van der Waals surface area contributed by atoms with E-state index in [0.29, 0.717) is 0 Å². The molecule has 0 aromatic heterocycles. The first-order valence-electron chi connectivity index (χ1n) is 4.87. The van der Waals surface area contributed by atoms with E-state index in [-0.39, 0.29) is 0 Å². The van der Waals surface area contributed by atoms with Crippen molar-refractivity contribution in [3.63, 3.8) is 0 Å². The monoisotopic (exact) mass is 186 g/mol. The van der Waals surface area contributed by atoms with Gasteiger partial charge in [0, 0.05) is 0 Å². The highest BCUT2D eigenvalue weighted by molar-refractivity contribution is 6.55. The molecule has 0 amide bonds. The van der Waals surface area contributed by atoms with Gasteiger partial charge in [-0.2, -0.15) is 0 Å². The van der Waals surface area contributed by atoms with Crippen LogP contribution in [0.2, 0.25) is 10.6 Å². The first kappa shape index (κ1) is 12.0. The van der Waals surface area contributed by atoms with Crippen molar-refractivity contribution >= 4 is 31.1 Å². The second kappa shape index (κ2) is 9.12. The van der Waals surface area contributed by atoms with E-state index in [1.165, 1.54) is 36.2 Å². The van der Waals surface area contributed by atoms with Gasteiger partial charge in [0.1, 0.15) is 0 Å². The van der Waals surface area contributed by atoms with Crippen LogP contribution in [0.4, 0.5) is 0 Å². The molecule has 0 aliphatic heterocycles. The average Bonchev–Trinajstić information content (AvgIpc) is 2.05. The zero-order chi connectivity index (χ0) is 8.53. The van der Waals surface area contributed by atoms with Crippen molar-refractivity contribution in [1.82, 2.24) is 0 Å². The summed E-state index contributed by atoms with van der Waals surface area (Å²) >= 11 is 0.281. The minimum Gasteiger partial charge on any atom is -0.642 e. The average molecular weight is 186 g/mol. The van der Waals surface area contributed by atoms with Gasteiger partial charge in [-0.3, -0.25) is 0 Å². The summed E-state index contributed by atoms with van der Waals surface area (Å²) in [5.41, 5.74) is 0. The van der Waals surface area contributed by atoms with E-state index in [1.807, 2.05) is 0 Å². The Morgan fingerprint density at radius 3 is 1.82 bits per heavy atom. The van der Waals surface area contributed by atoms with Crippen LogP contribution in [0.25, 0.3) is 0 Å². The second-order valence-corrected chi connectivity index (χ2v) is 7.43. The zero-order valence-corrected chi connectivity index (χ0v) is 11.4. The number of hydrogen-bond acceptors (Lipinski definition) is 1. The number of hydrogen-bond donors (Lipinski definition) is 0. The number of rotatable bonds is 7. The normalized spacial score (nSPS) is 10.0. The van der Waals surface area contributed by atoms with Crippen molar-refractivity contribution in [3.05, 3.63) is 0 Å². The molecule has 0 rings (SSSR count). The molecule has 0 heterocycles. The number of unbranched alkanes of at least 4 members (excludes halogenated alkanes) is 2. The maximum atomic E-state index is 5.63. The largest absolute Gasteiger partial charge is 0.642 e. The topological polar surface area (TPSA) is 9.23 Å². The summed E-state index contributed by atoms with van der Waals surface area (Å²) in [6.45, 7) is 4.52. The van der Waals surface area contributed by atoms with E-state index in [2.05, 4.69) is 13.8 Å². The zero-order valence-electron chi connectivity index (χ0n) is 8.23. The molecule has 0 aromatic carbocycles. The highest BCUT2D eigenvalue weighted by atomic mass is 27.2. The third-order valence-electron chi connectivity index (χ3n) is 2.09. The van der Waals surface area contributed by atoms with Gasteiger partial charge in [-0.15, -0.1) is 0 Å². The molecule has 0 spiro atoms. The summed E-state index contributed by atoms with van der Waals surface area (Å²) in [6.07, 6.45) is 5.45. The molecule has 0 atom stereocenters. The summed E-state index contributed by atoms with van der Waals surface area (Å²) in [7, 11) is 0. The van der Waals surface area contributed by atoms with Crippen molar-refractivity contribution < 1.29 is 2.84 Å². The van der Waals surface area contributed by atoms with Crippen LogP contribution in [0.1, 0.15) is 39.5 Å². The van der Waals surface area contributed by atoms with Crippen molar-refractivity contribution in [2.45, 2.75) is 50.1 Å². The van der Waals surface area contributed by atoms with Gasteiger partial charge in [0.15, 0.2) is 0 Å². The fourth-order valence-electron chi connectivity index (χ4n) is 1.24. The summed E-state index contributed by atoms with van der Waals surface area (Å²) in [6, 6.07) is 0. The van der Waals surface area contributed by atoms with Crippen LogP contribution in [0.5, 0.6) is 0 Å². The van der Waals surface area contributed by atoms with Gasteiger partial charge < -0.3 is 2.84 Å². The lowest BCUT2D eigenvalue weighted by molar-refractivity contribution is 0.607. The van der Waals surface area contributed by atoms with E-state index in [4.69, 9.17) is 2.84 Å². The van der Waals surface area contributed by atoms with Crippen LogP contribution in [0.3, 0.4) is 0 Å². The molecule has 0 unspecified atom stereocenters. The van der Waals surface area contributed by atoms with E-state index < -0.39 is 14.5 Å². The van der Waals surface area contributed by atoms with Crippen LogP contribution in [0.15, 0.2) is 0 Å². The van der Waals surface area contributed by atoms with E-state index in [1.54, 1.807) is 0 Å². The molecular weight excluding hydrogens is 166 g/mol. The quantitative estimate of drug-likeness (QED) is 0.553. The van der Waals surface area contributed by atoms with Crippen LogP contribution in [-0.4, -0.2) is 31.1 Å². The van der Waals surface area contributed by atoms with Crippen LogP contribution in [-0.2, 0) is 2.84 Å². The third kappa shape index (κ3) is 7.39. The van der Waals surface area contributed by atoms with Gasteiger partial charge in [-0.05, 0) is 0 Å². The van der Waals surface area contributed by atoms with Crippen molar-refractivity contribution in [1.29, 1.82) is 0 Å². The Labute approximate surface area is 84.0 Å². The van der Waals surface area contributed by atoms with Crippen molar-refractivity contribution in [3.8, 4) is 0 Å². The van der Waals surface area contributed by atoms with Gasteiger partial charge in [-0.25, -0.2) is 0 Å². The van der Waals surface area contributed by atoms with Gasteiger partial charge >= 0.3 is 31.1 Å². The molecule has 64 valence electrons. The molecule has 0 N–H and O–H groups in total. The molecule has 3 heteroatoms. The Bertz CT molecular complexity index is 70.5. The van der Waals surface area contributed by atoms with E-state index in [0.717, 1.165) is 16.6 Å². The fourth-order valence-corrected chi connectivity index (χ4v) is 5.15. The van der Waals surface area contributed by atoms with Gasteiger partial charge in [0.05, 0.1) is 0 Å². The summed E-state index contributed by atoms with van der Waals surface area (Å²) in [5, 5.41) is 2.83. The molecule has 0 aliphatic rings.